The van der Waals surface area contributed by atoms with Crippen LogP contribution in [0.3, 0.4) is 0 Å². The highest BCUT2D eigenvalue weighted by molar-refractivity contribution is 7.80. The fraction of sp³-hybridized carbons (Fsp3) is 0. The van der Waals surface area contributed by atoms with Crippen LogP contribution in [0.4, 0.5) is 0 Å². The van der Waals surface area contributed by atoms with E-state index in [0.29, 0.717) is 4.90 Å². The summed E-state index contributed by atoms with van der Waals surface area (Å²) in [6.07, 6.45) is 2.91. The predicted molar refractivity (Wildman–Crippen MR) is 35.0 cm³/mol. The van der Waals surface area contributed by atoms with Crippen LogP contribution in [-0.2, 0) is 0 Å². The van der Waals surface area contributed by atoms with Crippen molar-refractivity contribution < 1.29 is 9.90 Å². The Bertz CT molecular complexity index is 231. The van der Waals surface area contributed by atoms with Gasteiger partial charge in [-0.25, -0.2) is 4.79 Å². The second-order valence-corrected chi connectivity index (χ2v) is 2.04. The van der Waals surface area contributed by atoms with E-state index >= 15 is 0 Å². The molecular formula is C5H5NO2S. The summed E-state index contributed by atoms with van der Waals surface area (Å²) in [5.41, 5.74) is 0.207. The lowest BCUT2D eigenvalue weighted by Crippen LogP contribution is -1.93. The number of aromatic carboxylic acids is 1. The van der Waals surface area contributed by atoms with Gasteiger partial charge in [0, 0.05) is 17.3 Å². The second-order valence-electron chi connectivity index (χ2n) is 1.56. The number of H-pyrrole nitrogens is 1. The fourth-order valence-electron chi connectivity index (χ4n) is 0.527. The summed E-state index contributed by atoms with van der Waals surface area (Å²) < 4.78 is 0. The molecule has 0 aliphatic carbocycles. The summed E-state index contributed by atoms with van der Waals surface area (Å²) in [5, 5.41) is 8.39. The Morgan fingerprint density at radius 2 is 2.33 bits per heavy atom. The van der Waals surface area contributed by atoms with Crippen LogP contribution in [0.1, 0.15) is 10.4 Å². The SMILES string of the molecule is O=C(O)c1c[nH]cc1S. The number of carbonyl (C=O) groups is 1. The number of thiol groups is 1. The molecule has 1 heterocycles. The third kappa shape index (κ3) is 1.08. The topological polar surface area (TPSA) is 53.1 Å². The number of carboxylic acids is 1. The van der Waals surface area contributed by atoms with Crippen molar-refractivity contribution in [3.8, 4) is 0 Å². The molecule has 0 spiro atoms. The van der Waals surface area contributed by atoms with E-state index in [4.69, 9.17) is 5.11 Å². The van der Waals surface area contributed by atoms with Gasteiger partial charge in [-0.05, 0) is 0 Å². The van der Waals surface area contributed by atoms with Crippen LogP contribution in [0.5, 0.6) is 0 Å². The molecule has 0 atom stereocenters. The summed E-state index contributed by atoms with van der Waals surface area (Å²) in [6.45, 7) is 0. The lowest BCUT2D eigenvalue weighted by Gasteiger charge is -1.85. The molecule has 9 heavy (non-hydrogen) atoms. The van der Waals surface area contributed by atoms with E-state index in [1.165, 1.54) is 12.4 Å². The zero-order valence-corrected chi connectivity index (χ0v) is 5.35. The first-order chi connectivity index (χ1) is 4.22. The van der Waals surface area contributed by atoms with Crippen molar-refractivity contribution >= 4 is 18.6 Å². The molecule has 0 amide bonds. The minimum atomic E-state index is -0.957. The van der Waals surface area contributed by atoms with Crippen molar-refractivity contribution in [3.05, 3.63) is 18.0 Å². The largest absolute Gasteiger partial charge is 0.478 e. The third-order valence-corrected chi connectivity index (χ3v) is 1.32. The van der Waals surface area contributed by atoms with E-state index < -0.39 is 5.97 Å². The van der Waals surface area contributed by atoms with E-state index in [9.17, 15) is 4.79 Å². The number of aromatic nitrogens is 1. The summed E-state index contributed by atoms with van der Waals surface area (Å²) in [6, 6.07) is 0. The Hall–Kier alpha value is -0.900. The molecule has 0 aromatic carbocycles. The molecule has 3 nitrogen and oxygen atoms in total. The number of aromatic amines is 1. The second kappa shape index (κ2) is 2.14. The van der Waals surface area contributed by atoms with Crippen molar-refractivity contribution in [2.24, 2.45) is 0 Å². The van der Waals surface area contributed by atoms with Gasteiger partial charge in [-0.3, -0.25) is 0 Å². The molecule has 0 unspecified atom stereocenters. The maximum atomic E-state index is 10.2. The van der Waals surface area contributed by atoms with Crippen LogP contribution >= 0.6 is 12.6 Å². The molecule has 0 aliphatic rings. The first kappa shape index (κ1) is 6.22. The van der Waals surface area contributed by atoms with E-state index in [1.54, 1.807) is 0 Å². The predicted octanol–water partition coefficient (Wildman–Crippen LogP) is 1.00. The summed E-state index contributed by atoms with van der Waals surface area (Å²) in [5.74, 6) is -0.957. The molecule has 48 valence electrons. The van der Waals surface area contributed by atoms with Gasteiger partial charge in [0.1, 0.15) is 0 Å². The number of nitrogens with one attached hydrogen (secondary N) is 1. The van der Waals surface area contributed by atoms with Gasteiger partial charge < -0.3 is 10.1 Å². The van der Waals surface area contributed by atoms with Gasteiger partial charge in [0.15, 0.2) is 0 Å². The van der Waals surface area contributed by atoms with E-state index in [-0.39, 0.29) is 5.56 Å². The van der Waals surface area contributed by atoms with Crippen LogP contribution in [-0.4, -0.2) is 16.1 Å². The molecule has 0 radical (unpaired) electrons. The average Bonchev–Trinajstić information content (AvgIpc) is 2.13. The van der Waals surface area contributed by atoms with Gasteiger partial charge in [0.25, 0.3) is 0 Å². The Balaban J connectivity index is 3.08. The summed E-state index contributed by atoms with van der Waals surface area (Å²) in [7, 11) is 0. The van der Waals surface area contributed by atoms with Gasteiger partial charge in [0.05, 0.1) is 5.56 Å². The zero-order valence-electron chi connectivity index (χ0n) is 4.46. The van der Waals surface area contributed by atoms with Gasteiger partial charge in [-0.2, -0.15) is 0 Å². The van der Waals surface area contributed by atoms with E-state index in [0.717, 1.165) is 0 Å². The molecule has 0 aliphatic heterocycles. The summed E-state index contributed by atoms with van der Waals surface area (Å²) in [4.78, 5) is 13.3. The highest BCUT2D eigenvalue weighted by atomic mass is 32.1. The minimum absolute atomic E-state index is 0.207. The number of hydrogen-bond acceptors (Lipinski definition) is 2. The molecule has 2 N–H and O–H groups in total. The summed E-state index contributed by atoms with van der Waals surface area (Å²) >= 11 is 3.88. The normalized spacial score (nSPS) is 9.44. The van der Waals surface area contributed by atoms with Crippen molar-refractivity contribution in [1.82, 2.24) is 4.98 Å². The van der Waals surface area contributed by atoms with Crippen molar-refractivity contribution in [1.29, 1.82) is 0 Å². The molecule has 1 aromatic heterocycles. The molecule has 0 saturated carbocycles. The Morgan fingerprint density at radius 3 is 2.56 bits per heavy atom. The molecular weight excluding hydrogens is 138 g/mol. The van der Waals surface area contributed by atoms with Crippen molar-refractivity contribution in [3.63, 3.8) is 0 Å². The maximum Gasteiger partial charge on any atom is 0.338 e. The first-order valence-corrected chi connectivity index (χ1v) is 2.75. The highest BCUT2D eigenvalue weighted by Crippen LogP contribution is 2.10. The highest BCUT2D eigenvalue weighted by Gasteiger charge is 2.05. The quantitative estimate of drug-likeness (QED) is 0.514. The Kier molecular flexibility index (Phi) is 1.48. The first-order valence-electron chi connectivity index (χ1n) is 2.31. The smallest absolute Gasteiger partial charge is 0.338 e. The molecule has 1 aromatic rings. The van der Waals surface area contributed by atoms with Crippen LogP contribution in [0.25, 0.3) is 0 Å². The number of rotatable bonds is 1. The van der Waals surface area contributed by atoms with Crippen LogP contribution in [0.15, 0.2) is 17.3 Å². The monoisotopic (exact) mass is 143 g/mol. The molecule has 0 bridgehead atoms. The molecule has 4 heteroatoms. The Labute approximate surface area is 57.1 Å². The maximum absolute atomic E-state index is 10.2. The molecule has 1 rings (SSSR count). The number of carboxylic acid groups (broad SMARTS) is 1. The van der Waals surface area contributed by atoms with Gasteiger partial charge in [-0.1, -0.05) is 0 Å². The lowest BCUT2D eigenvalue weighted by atomic mass is 10.3. The van der Waals surface area contributed by atoms with Crippen LogP contribution < -0.4 is 0 Å². The fourth-order valence-corrected chi connectivity index (χ4v) is 0.762. The average molecular weight is 143 g/mol. The van der Waals surface area contributed by atoms with E-state index in [2.05, 4.69) is 17.6 Å². The number of hydrogen-bond donors (Lipinski definition) is 3. The van der Waals surface area contributed by atoms with E-state index in [1.807, 2.05) is 0 Å². The van der Waals surface area contributed by atoms with Crippen molar-refractivity contribution in [2.75, 3.05) is 0 Å². The lowest BCUT2D eigenvalue weighted by molar-refractivity contribution is 0.0693. The molecule has 0 fully saturated rings. The Morgan fingerprint density at radius 1 is 1.67 bits per heavy atom. The van der Waals surface area contributed by atoms with Crippen molar-refractivity contribution in [2.45, 2.75) is 4.90 Å². The third-order valence-electron chi connectivity index (χ3n) is 0.954. The van der Waals surface area contributed by atoms with Gasteiger partial charge >= 0.3 is 5.97 Å². The molecule has 0 saturated heterocycles. The minimum Gasteiger partial charge on any atom is -0.478 e. The van der Waals surface area contributed by atoms with Gasteiger partial charge in [-0.15, -0.1) is 12.6 Å². The van der Waals surface area contributed by atoms with Crippen LogP contribution in [0.2, 0.25) is 0 Å². The van der Waals surface area contributed by atoms with Crippen LogP contribution in [0, 0.1) is 0 Å². The van der Waals surface area contributed by atoms with Gasteiger partial charge in [0.2, 0.25) is 0 Å². The standard InChI is InChI=1S/C5H5NO2S/c7-5(8)3-1-6-2-4(3)9/h1-2,6,9H,(H,7,8). The zero-order chi connectivity index (χ0) is 6.85.